The highest BCUT2D eigenvalue weighted by Crippen LogP contribution is 2.26. The minimum absolute atomic E-state index is 0.151. The highest BCUT2D eigenvalue weighted by atomic mass is 19.1. The maximum absolute atomic E-state index is 13.8. The van der Waals surface area contributed by atoms with Crippen LogP contribution in [0.2, 0.25) is 0 Å². The molecule has 0 radical (unpaired) electrons. The van der Waals surface area contributed by atoms with Crippen LogP contribution in [-0.2, 0) is 0 Å². The Bertz CT molecular complexity index is 1320. The third kappa shape index (κ3) is 4.32. The van der Waals surface area contributed by atoms with Crippen molar-refractivity contribution in [3.63, 3.8) is 0 Å². The van der Waals surface area contributed by atoms with E-state index in [4.69, 9.17) is 0 Å². The van der Waals surface area contributed by atoms with Crippen LogP contribution < -0.4 is 10.6 Å². The number of nitrogens with zero attached hydrogens (tertiary/aromatic N) is 2. The highest BCUT2D eigenvalue weighted by molar-refractivity contribution is 6.04. The summed E-state index contributed by atoms with van der Waals surface area (Å²) >= 11 is 0. The molecule has 0 saturated heterocycles. The number of para-hydroxylation sites is 1. The molecule has 1 heterocycles. The van der Waals surface area contributed by atoms with Gasteiger partial charge in [-0.25, -0.2) is 14.4 Å². The van der Waals surface area contributed by atoms with Crippen molar-refractivity contribution in [2.24, 2.45) is 0 Å². The number of carbonyl (C=O) groups excluding carboxylic acids is 2. The minimum Gasteiger partial charge on any atom is -0.363 e. The Morgan fingerprint density at radius 2 is 1.88 bits per heavy atom. The second-order valence-electron chi connectivity index (χ2n) is 7.49. The summed E-state index contributed by atoms with van der Waals surface area (Å²) in [5.41, 5.74) is 3.33. The predicted molar refractivity (Wildman–Crippen MR) is 122 cm³/mol. The summed E-state index contributed by atoms with van der Waals surface area (Å²) in [6.45, 7) is 3.61. The Morgan fingerprint density at radius 1 is 1.06 bits per heavy atom. The maximum atomic E-state index is 13.8. The van der Waals surface area contributed by atoms with Gasteiger partial charge in [-0.3, -0.25) is 9.59 Å². The number of carbonyl (C=O) groups is 2. The van der Waals surface area contributed by atoms with Crippen molar-refractivity contribution in [1.82, 2.24) is 9.97 Å². The number of hydrogen-bond acceptors (Lipinski definition) is 5. The van der Waals surface area contributed by atoms with Crippen LogP contribution in [0.25, 0.3) is 10.9 Å². The molecule has 6 nitrogen and oxygen atoms in total. The van der Waals surface area contributed by atoms with Crippen LogP contribution in [0.4, 0.5) is 15.9 Å². The van der Waals surface area contributed by atoms with Crippen LogP contribution in [0.15, 0.2) is 67.0 Å². The van der Waals surface area contributed by atoms with Crippen molar-refractivity contribution in [2.75, 3.05) is 10.6 Å². The summed E-state index contributed by atoms with van der Waals surface area (Å²) in [7, 11) is 0. The first-order valence-electron chi connectivity index (χ1n) is 10.1. The van der Waals surface area contributed by atoms with E-state index in [-0.39, 0.29) is 17.5 Å². The van der Waals surface area contributed by atoms with E-state index in [0.29, 0.717) is 28.1 Å². The zero-order chi connectivity index (χ0) is 22.7. The van der Waals surface area contributed by atoms with Gasteiger partial charge in [0.15, 0.2) is 6.29 Å². The largest absolute Gasteiger partial charge is 0.363 e. The number of hydrogen-bond donors (Lipinski definition) is 2. The van der Waals surface area contributed by atoms with E-state index >= 15 is 0 Å². The van der Waals surface area contributed by atoms with Gasteiger partial charge in [0.05, 0.1) is 11.6 Å². The molecular formula is C25H21FN4O2. The van der Waals surface area contributed by atoms with Crippen molar-refractivity contribution in [2.45, 2.75) is 19.9 Å². The topological polar surface area (TPSA) is 84.0 Å². The Balaban J connectivity index is 1.54. The van der Waals surface area contributed by atoms with Gasteiger partial charge in [0.2, 0.25) is 0 Å². The van der Waals surface area contributed by atoms with Gasteiger partial charge >= 0.3 is 0 Å². The van der Waals surface area contributed by atoms with Crippen LogP contribution >= 0.6 is 0 Å². The maximum Gasteiger partial charge on any atom is 0.255 e. The van der Waals surface area contributed by atoms with Gasteiger partial charge < -0.3 is 10.6 Å². The third-order valence-corrected chi connectivity index (χ3v) is 5.25. The predicted octanol–water partition coefficient (Wildman–Crippen LogP) is 5.32. The lowest BCUT2D eigenvalue weighted by molar-refractivity contribution is 0.102. The van der Waals surface area contributed by atoms with E-state index < -0.39 is 5.82 Å². The van der Waals surface area contributed by atoms with E-state index in [9.17, 15) is 14.0 Å². The Labute approximate surface area is 184 Å². The van der Waals surface area contributed by atoms with Crippen LogP contribution in [-0.4, -0.2) is 22.2 Å². The molecule has 1 atom stereocenters. The van der Waals surface area contributed by atoms with Gasteiger partial charge in [-0.05, 0) is 61.4 Å². The van der Waals surface area contributed by atoms with Gasteiger partial charge in [-0.15, -0.1) is 0 Å². The minimum atomic E-state index is -0.418. The summed E-state index contributed by atoms with van der Waals surface area (Å²) in [4.78, 5) is 32.4. The van der Waals surface area contributed by atoms with E-state index in [0.717, 1.165) is 17.2 Å². The number of anilines is 2. The summed E-state index contributed by atoms with van der Waals surface area (Å²) in [5.74, 6) is -0.195. The smallest absolute Gasteiger partial charge is 0.255 e. The first-order chi connectivity index (χ1) is 15.5. The number of aryl methyl sites for hydroxylation is 1. The van der Waals surface area contributed by atoms with Crippen LogP contribution in [0.1, 0.15) is 44.8 Å². The van der Waals surface area contributed by atoms with Crippen molar-refractivity contribution >= 4 is 34.6 Å². The zero-order valence-corrected chi connectivity index (χ0v) is 17.6. The number of benzene rings is 3. The zero-order valence-electron chi connectivity index (χ0n) is 17.6. The second-order valence-corrected chi connectivity index (χ2v) is 7.49. The second kappa shape index (κ2) is 8.93. The van der Waals surface area contributed by atoms with Gasteiger partial charge in [-0.2, -0.15) is 0 Å². The van der Waals surface area contributed by atoms with E-state index in [1.807, 2.05) is 31.2 Å². The average Bonchev–Trinajstić information content (AvgIpc) is 2.80. The number of halogens is 1. The molecule has 4 aromatic rings. The lowest BCUT2D eigenvalue weighted by Crippen LogP contribution is -2.13. The monoisotopic (exact) mass is 428 g/mol. The SMILES string of the molecule is Cc1ccc(C(=O)Nc2cccc(C(C)Nc3ncnc4c(C=O)cccc34)c2)cc1F. The van der Waals surface area contributed by atoms with Gasteiger partial charge in [0.1, 0.15) is 18.0 Å². The molecule has 0 aliphatic rings. The Hall–Kier alpha value is -4.13. The molecule has 0 spiro atoms. The summed E-state index contributed by atoms with van der Waals surface area (Å²) < 4.78 is 13.8. The van der Waals surface area contributed by atoms with Crippen LogP contribution in [0.5, 0.6) is 0 Å². The van der Waals surface area contributed by atoms with Gasteiger partial charge in [0, 0.05) is 22.2 Å². The standard InChI is InChI=1S/C25H21FN4O2/c1-15-9-10-18(12-22(15)26)25(32)30-20-7-3-5-17(11-20)16(2)29-24-21-8-4-6-19(13-31)23(21)27-14-28-24/h3-14,16H,1-2H3,(H,30,32)(H,27,28,29). The molecule has 32 heavy (non-hydrogen) atoms. The van der Waals surface area contributed by atoms with Gasteiger partial charge in [0.25, 0.3) is 5.91 Å². The van der Waals surface area contributed by atoms with E-state index in [2.05, 4.69) is 20.6 Å². The first kappa shape index (κ1) is 21.1. The number of aromatic nitrogens is 2. The quantitative estimate of drug-likeness (QED) is 0.406. The molecule has 0 fully saturated rings. The highest BCUT2D eigenvalue weighted by Gasteiger charge is 2.13. The fourth-order valence-corrected chi connectivity index (χ4v) is 3.43. The molecule has 1 unspecified atom stereocenters. The molecule has 4 rings (SSSR count). The molecule has 3 aromatic carbocycles. The number of fused-ring (bicyclic) bond motifs is 1. The number of rotatable bonds is 6. The van der Waals surface area contributed by atoms with Crippen LogP contribution in [0, 0.1) is 12.7 Å². The lowest BCUT2D eigenvalue weighted by Gasteiger charge is -2.17. The molecule has 1 aromatic heterocycles. The molecule has 0 aliphatic heterocycles. The van der Waals surface area contributed by atoms with Crippen molar-refractivity contribution in [1.29, 1.82) is 0 Å². The van der Waals surface area contributed by atoms with Crippen LogP contribution in [0.3, 0.4) is 0 Å². The molecule has 0 saturated carbocycles. The molecule has 2 N–H and O–H groups in total. The molecular weight excluding hydrogens is 407 g/mol. The molecule has 0 bridgehead atoms. The third-order valence-electron chi connectivity index (χ3n) is 5.25. The lowest BCUT2D eigenvalue weighted by atomic mass is 10.1. The molecule has 7 heteroatoms. The average molecular weight is 428 g/mol. The molecule has 0 aliphatic carbocycles. The van der Waals surface area contributed by atoms with Crippen molar-refractivity contribution < 1.29 is 14.0 Å². The Morgan fingerprint density at radius 3 is 2.66 bits per heavy atom. The van der Waals surface area contributed by atoms with Crippen molar-refractivity contribution in [3.8, 4) is 0 Å². The first-order valence-corrected chi connectivity index (χ1v) is 10.1. The normalized spacial score (nSPS) is 11.7. The molecule has 160 valence electrons. The van der Waals surface area contributed by atoms with Crippen molar-refractivity contribution in [3.05, 3.63) is 95.1 Å². The fraction of sp³-hybridized carbons (Fsp3) is 0.120. The van der Waals surface area contributed by atoms with E-state index in [1.165, 1.54) is 12.4 Å². The summed E-state index contributed by atoms with van der Waals surface area (Å²) in [5, 5.41) is 6.91. The number of aldehydes is 1. The number of amides is 1. The Kier molecular flexibility index (Phi) is 5.89. The fourth-order valence-electron chi connectivity index (χ4n) is 3.43. The molecule has 1 amide bonds. The summed E-state index contributed by atoms with van der Waals surface area (Å²) in [6.07, 6.45) is 2.19. The van der Waals surface area contributed by atoms with E-state index in [1.54, 1.807) is 37.3 Å². The number of nitrogens with one attached hydrogen (secondary N) is 2. The van der Waals surface area contributed by atoms with Gasteiger partial charge in [-0.1, -0.05) is 24.3 Å². The summed E-state index contributed by atoms with van der Waals surface area (Å²) in [6, 6.07) is 17.0.